The van der Waals surface area contributed by atoms with Crippen molar-refractivity contribution in [3.05, 3.63) is 76.1 Å². The van der Waals surface area contributed by atoms with Crippen LogP contribution in [0.2, 0.25) is 5.02 Å². The van der Waals surface area contributed by atoms with Gasteiger partial charge in [-0.05, 0) is 48.9 Å². The first-order valence-electron chi connectivity index (χ1n) is 9.56. The van der Waals surface area contributed by atoms with E-state index >= 15 is 0 Å². The first kappa shape index (κ1) is 20.9. The maximum Gasteiger partial charge on any atom is 0.264 e. The van der Waals surface area contributed by atoms with Gasteiger partial charge in [-0.1, -0.05) is 35.9 Å². The van der Waals surface area contributed by atoms with Gasteiger partial charge in [0.05, 0.1) is 9.77 Å². The Balaban J connectivity index is 1.46. The fourth-order valence-corrected chi connectivity index (χ4v) is 6.39. The number of thiophene rings is 1. The molecule has 2 aromatic carbocycles. The fraction of sp³-hybridized carbons (Fsp3) is 0.227. The van der Waals surface area contributed by atoms with Gasteiger partial charge in [0.25, 0.3) is 5.91 Å². The van der Waals surface area contributed by atoms with Crippen LogP contribution in [0.1, 0.15) is 15.2 Å². The quantitative estimate of drug-likeness (QED) is 0.575. The molecule has 0 N–H and O–H groups in total. The van der Waals surface area contributed by atoms with E-state index in [4.69, 9.17) is 11.6 Å². The van der Waals surface area contributed by atoms with Crippen LogP contribution in [0.15, 0.2) is 69.8 Å². The van der Waals surface area contributed by atoms with Gasteiger partial charge in [-0.2, -0.15) is 0 Å². The smallest absolute Gasteiger partial charge is 0.264 e. The van der Waals surface area contributed by atoms with Gasteiger partial charge in [-0.15, -0.1) is 11.3 Å². The number of piperazine rings is 1. The van der Waals surface area contributed by atoms with Gasteiger partial charge in [0.2, 0.25) is 9.84 Å². The molecule has 4 rings (SSSR count). The number of benzene rings is 2. The van der Waals surface area contributed by atoms with Crippen molar-refractivity contribution in [2.75, 3.05) is 31.1 Å². The molecule has 0 spiro atoms. The second kappa shape index (κ2) is 8.41. The van der Waals surface area contributed by atoms with E-state index in [1.807, 2.05) is 25.1 Å². The van der Waals surface area contributed by atoms with Crippen molar-refractivity contribution < 1.29 is 13.2 Å². The molecule has 1 saturated heterocycles. The Bertz CT molecular complexity index is 1170. The van der Waals surface area contributed by atoms with Crippen LogP contribution in [0.5, 0.6) is 0 Å². The number of sulfone groups is 1. The van der Waals surface area contributed by atoms with Crippen molar-refractivity contribution in [3.8, 4) is 0 Å². The van der Waals surface area contributed by atoms with E-state index in [1.54, 1.807) is 41.3 Å². The SMILES string of the molecule is Cc1ccc(Cl)cc1N1CCN(C(=O)c2ccc(S(=O)(=O)c3ccccc3)s2)CC1. The molecule has 0 radical (unpaired) electrons. The summed E-state index contributed by atoms with van der Waals surface area (Å²) in [5, 5.41) is 0.694. The number of halogens is 1. The summed E-state index contributed by atoms with van der Waals surface area (Å²) in [6.45, 7) is 4.59. The van der Waals surface area contributed by atoms with Crippen LogP contribution in [0, 0.1) is 6.92 Å². The van der Waals surface area contributed by atoms with Crippen molar-refractivity contribution in [2.24, 2.45) is 0 Å². The van der Waals surface area contributed by atoms with E-state index in [0.717, 1.165) is 22.6 Å². The number of hydrogen-bond acceptors (Lipinski definition) is 5. The Hall–Kier alpha value is -2.35. The fourth-order valence-electron chi connectivity index (χ4n) is 3.52. The average Bonchev–Trinajstić information content (AvgIpc) is 3.27. The maximum atomic E-state index is 12.9. The standard InChI is InChI=1S/C22H21ClN2O3S2/c1-16-7-8-17(23)15-19(16)24-11-13-25(14-12-24)22(26)20-9-10-21(29-20)30(27,28)18-5-3-2-4-6-18/h2-10,15H,11-14H2,1H3. The molecule has 0 bridgehead atoms. The van der Waals surface area contributed by atoms with Crippen LogP contribution in [-0.2, 0) is 9.84 Å². The summed E-state index contributed by atoms with van der Waals surface area (Å²) in [7, 11) is -3.61. The molecule has 30 heavy (non-hydrogen) atoms. The van der Waals surface area contributed by atoms with Crippen molar-refractivity contribution >= 4 is 44.4 Å². The number of carbonyl (C=O) groups excluding carboxylic acids is 1. The second-order valence-electron chi connectivity index (χ2n) is 7.15. The number of hydrogen-bond donors (Lipinski definition) is 0. The maximum absolute atomic E-state index is 12.9. The van der Waals surface area contributed by atoms with Gasteiger partial charge in [0.15, 0.2) is 0 Å². The monoisotopic (exact) mass is 460 g/mol. The van der Waals surface area contributed by atoms with Crippen LogP contribution in [0.3, 0.4) is 0 Å². The topological polar surface area (TPSA) is 57.7 Å². The van der Waals surface area contributed by atoms with Gasteiger partial charge in [0.1, 0.15) is 4.21 Å². The number of carbonyl (C=O) groups is 1. The summed E-state index contributed by atoms with van der Waals surface area (Å²) in [5.74, 6) is -0.128. The minimum atomic E-state index is -3.61. The molecule has 0 saturated carbocycles. The molecule has 1 aliphatic heterocycles. The number of aryl methyl sites for hydroxylation is 1. The Kier molecular flexibility index (Phi) is 5.86. The van der Waals surface area contributed by atoms with E-state index in [9.17, 15) is 13.2 Å². The third kappa shape index (κ3) is 4.10. The summed E-state index contributed by atoms with van der Waals surface area (Å²) in [6.07, 6.45) is 0. The highest BCUT2D eigenvalue weighted by Crippen LogP contribution is 2.29. The highest BCUT2D eigenvalue weighted by molar-refractivity contribution is 7.93. The lowest BCUT2D eigenvalue weighted by Crippen LogP contribution is -2.48. The molecule has 156 valence electrons. The van der Waals surface area contributed by atoms with Crippen LogP contribution in [0.4, 0.5) is 5.69 Å². The van der Waals surface area contributed by atoms with Crippen LogP contribution in [-0.4, -0.2) is 45.4 Å². The minimum absolute atomic E-state index is 0.128. The van der Waals surface area contributed by atoms with Crippen LogP contribution in [0.25, 0.3) is 0 Å². The number of rotatable bonds is 4. The Labute approximate surface area is 185 Å². The molecule has 0 unspecified atom stereocenters. The Morgan fingerprint density at radius 3 is 2.37 bits per heavy atom. The molecule has 0 aliphatic carbocycles. The van der Waals surface area contributed by atoms with E-state index in [0.29, 0.717) is 36.1 Å². The third-order valence-corrected chi connectivity index (χ3v) is 8.76. The zero-order valence-electron chi connectivity index (χ0n) is 16.4. The normalized spacial score (nSPS) is 14.7. The predicted octanol–water partition coefficient (Wildman–Crippen LogP) is 4.51. The molecule has 0 atom stereocenters. The summed E-state index contributed by atoms with van der Waals surface area (Å²) < 4.78 is 25.7. The molecule has 1 fully saturated rings. The largest absolute Gasteiger partial charge is 0.368 e. The predicted molar refractivity (Wildman–Crippen MR) is 121 cm³/mol. The van der Waals surface area contributed by atoms with E-state index in [1.165, 1.54) is 6.07 Å². The summed E-state index contributed by atoms with van der Waals surface area (Å²) in [4.78, 5) is 17.6. The molecule has 8 heteroatoms. The average molecular weight is 461 g/mol. The molecular formula is C22H21ClN2O3S2. The minimum Gasteiger partial charge on any atom is -0.368 e. The van der Waals surface area contributed by atoms with Gasteiger partial charge < -0.3 is 9.80 Å². The summed E-state index contributed by atoms with van der Waals surface area (Å²) in [5.41, 5.74) is 2.23. The molecule has 2 heterocycles. The molecule has 5 nitrogen and oxygen atoms in total. The highest BCUT2D eigenvalue weighted by atomic mass is 35.5. The molecule has 1 aliphatic rings. The zero-order chi connectivity index (χ0) is 21.3. The van der Waals surface area contributed by atoms with Crippen molar-refractivity contribution in [2.45, 2.75) is 16.0 Å². The van der Waals surface area contributed by atoms with Gasteiger partial charge in [-0.25, -0.2) is 8.42 Å². The lowest BCUT2D eigenvalue weighted by molar-refractivity contribution is 0.0751. The van der Waals surface area contributed by atoms with Crippen LogP contribution >= 0.6 is 22.9 Å². The van der Waals surface area contributed by atoms with E-state index in [-0.39, 0.29) is 15.0 Å². The van der Waals surface area contributed by atoms with Gasteiger partial charge in [-0.3, -0.25) is 4.79 Å². The lowest BCUT2D eigenvalue weighted by atomic mass is 10.1. The number of anilines is 1. The van der Waals surface area contributed by atoms with Crippen LogP contribution < -0.4 is 4.90 Å². The van der Waals surface area contributed by atoms with Crippen molar-refractivity contribution in [3.63, 3.8) is 0 Å². The van der Waals surface area contributed by atoms with Crippen molar-refractivity contribution in [1.82, 2.24) is 4.90 Å². The molecule has 1 amide bonds. The number of amides is 1. The lowest BCUT2D eigenvalue weighted by Gasteiger charge is -2.36. The van der Waals surface area contributed by atoms with Gasteiger partial charge >= 0.3 is 0 Å². The Morgan fingerprint density at radius 1 is 0.967 bits per heavy atom. The molecule has 1 aromatic heterocycles. The second-order valence-corrected chi connectivity index (χ2v) is 10.8. The number of nitrogens with zero attached hydrogens (tertiary/aromatic N) is 2. The van der Waals surface area contributed by atoms with Gasteiger partial charge in [0, 0.05) is 36.9 Å². The Morgan fingerprint density at radius 2 is 1.67 bits per heavy atom. The zero-order valence-corrected chi connectivity index (χ0v) is 18.8. The first-order valence-corrected chi connectivity index (χ1v) is 12.2. The van der Waals surface area contributed by atoms with Crippen molar-refractivity contribution in [1.29, 1.82) is 0 Å². The summed E-state index contributed by atoms with van der Waals surface area (Å²) >= 11 is 7.17. The van der Waals surface area contributed by atoms with E-state index < -0.39 is 9.84 Å². The summed E-state index contributed by atoms with van der Waals surface area (Å²) in [6, 6.07) is 17.2. The molecule has 3 aromatic rings. The van der Waals surface area contributed by atoms with E-state index in [2.05, 4.69) is 4.90 Å². The first-order chi connectivity index (χ1) is 14.4. The highest BCUT2D eigenvalue weighted by Gasteiger charge is 2.26. The third-order valence-electron chi connectivity index (χ3n) is 5.19. The molecular weight excluding hydrogens is 440 g/mol.